The standard InChI is InChI=1S/C13H11BrN2/c1-2-3-10-4-6-11(7-5-10)13-15-8-12(14)9-16-13/h2,4-9H,1,3H2. The summed E-state index contributed by atoms with van der Waals surface area (Å²) in [6.07, 6.45) is 6.28. The molecule has 0 N–H and O–H groups in total. The Hall–Kier alpha value is -1.48. The van der Waals surface area contributed by atoms with Gasteiger partial charge in [-0.3, -0.25) is 0 Å². The van der Waals surface area contributed by atoms with Crippen molar-refractivity contribution >= 4 is 15.9 Å². The number of hydrogen-bond acceptors (Lipinski definition) is 2. The second-order valence-electron chi connectivity index (χ2n) is 3.41. The van der Waals surface area contributed by atoms with Gasteiger partial charge in [0.15, 0.2) is 5.82 Å². The van der Waals surface area contributed by atoms with Gasteiger partial charge >= 0.3 is 0 Å². The van der Waals surface area contributed by atoms with Crippen molar-refractivity contribution < 1.29 is 0 Å². The molecule has 0 atom stereocenters. The van der Waals surface area contributed by atoms with Gasteiger partial charge in [0.05, 0.1) is 4.47 Å². The molecule has 2 nitrogen and oxygen atoms in total. The minimum absolute atomic E-state index is 0.744. The van der Waals surface area contributed by atoms with Crippen molar-refractivity contribution in [3.8, 4) is 11.4 Å². The van der Waals surface area contributed by atoms with E-state index in [1.807, 2.05) is 18.2 Å². The number of halogens is 1. The van der Waals surface area contributed by atoms with Crippen LogP contribution >= 0.6 is 15.9 Å². The Bertz CT molecular complexity index is 474. The van der Waals surface area contributed by atoms with Crippen molar-refractivity contribution in [2.45, 2.75) is 6.42 Å². The van der Waals surface area contributed by atoms with Crippen LogP contribution in [-0.4, -0.2) is 9.97 Å². The zero-order valence-corrected chi connectivity index (χ0v) is 10.3. The van der Waals surface area contributed by atoms with E-state index in [-0.39, 0.29) is 0 Å². The lowest BCUT2D eigenvalue weighted by Crippen LogP contribution is -1.88. The highest BCUT2D eigenvalue weighted by atomic mass is 79.9. The Morgan fingerprint density at radius 3 is 2.31 bits per heavy atom. The van der Waals surface area contributed by atoms with Crippen molar-refractivity contribution in [1.82, 2.24) is 9.97 Å². The molecular formula is C13H11BrN2. The smallest absolute Gasteiger partial charge is 0.159 e. The lowest BCUT2D eigenvalue weighted by atomic mass is 10.1. The molecule has 1 aromatic carbocycles. The first-order valence-corrected chi connectivity index (χ1v) is 5.76. The predicted octanol–water partition coefficient (Wildman–Crippen LogP) is 3.63. The molecule has 1 heterocycles. The first kappa shape index (κ1) is 11.0. The third-order valence-corrected chi connectivity index (χ3v) is 2.62. The molecule has 0 amide bonds. The first-order chi connectivity index (χ1) is 7.79. The highest BCUT2D eigenvalue weighted by Crippen LogP contribution is 2.16. The average Bonchev–Trinajstić information content (AvgIpc) is 2.32. The lowest BCUT2D eigenvalue weighted by Gasteiger charge is -2.01. The van der Waals surface area contributed by atoms with Crippen LogP contribution in [0, 0.1) is 0 Å². The van der Waals surface area contributed by atoms with Crippen molar-refractivity contribution in [1.29, 1.82) is 0 Å². The quantitative estimate of drug-likeness (QED) is 0.799. The summed E-state index contributed by atoms with van der Waals surface area (Å²) in [5, 5.41) is 0. The predicted molar refractivity (Wildman–Crippen MR) is 69.1 cm³/mol. The fourth-order valence-corrected chi connectivity index (χ4v) is 1.62. The molecule has 0 spiro atoms. The molecule has 16 heavy (non-hydrogen) atoms. The van der Waals surface area contributed by atoms with E-state index in [1.54, 1.807) is 12.4 Å². The minimum Gasteiger partial charge on any atom is -0.235 e. The van der Waals surface area contributed by atoms with Gasteiger partial charge in [0.1, 0.15) is 0 Å². The van der Waals surface area contributed by atoms with E-state index in [1.165, 1.54) is 5.56 Å². The Kier molecular flexibility index (Phi) is 3.47. The molecule has 0 bridgehead atoms. The van der Waals surface area contributed by atoms with E-state index >= 15 is 0 Å². The number of allylic oxidation sites excluding steroid dienone is 1. The molecule has 1 aromatic heterocycles. The van der Waals surface area contributed by atoms with Gasteiger partial charge in [-0.2, -0.15) is 0 Å². The lowest BCUT2D eigenvalue weighted by molar-refractivity contribution is 1.16. The number of benzene rings is 1. The van der Waals surface area contributed by atoms with Crippen LogP contribution in [0.4, 0.5) is 0 Å². The van der Waals surface area contributed by atoms with Gasteiger partial charge in [0.25, 0.3) is 0 Å². The number of nitrogens with zero attached hydrogens (tertiary/aromatic N) is 2. The molecular weight excluding hydrogens is 264 g/mol. The Balaban J connectivity index is 2.27. The minimum atomic E-state index is 0.744. The SMILES string of the molecule is C=CCc1ccc(-c2ncc(Br)cn2)cc1. The van der Waals surface area contributed by atoms with Crippen LogP contribution < -0.4 is 0 Å². The monoisotopic (exact) mass is 274 g/mol. The Labute approximate surface area is 103 Å². The molecule has 0 saturated heterocycles. The summed E-state index contributed by atoms with van der Waals surface area (Å²) in [6, 6.07) is 8.20. The normalized spacial score (nSPS) is 10.1. The van der Waals surface area contributed by atoms with Crippen molar-refractivity contribution in [3.05, 3.63) is 59.4 Å². The van der Waals surface area contributed by atoms with Crippen molar-refractivity contribution in [2.75, 3.05) is 0 Å². The molecule has 2 aromatic rings. The van der Waals surface area contributed by atoms with Gasteiger partial charge < -0.3 is 0 Å². The fourth-order valence-electron chi connectivity index (χ4n) is 1.42. The van der Waals surface area contributed by atoms with Crippen molar-refractivity contribution in [2.24, 2.45) is 0 Å². The molecule has 80 valence electrons. The molecule has 0 unspecified atom stereocenters. The highest BCUT2D eigenvalue weighted by molar-refractivity contribution is 9.10. The van der Waals surface area contributed by atoms with Gasteiger partial charge in [-0.1, -0.05) is 30.3 Å². The molecule has 3 heteroatoms. The third-order valence-electron chi connectivity index (χ3n) is 2.21. The molecule has 0 fully saturated rings. The van der Waals surface area contributed by atoms with Crippen LogP contribution in [0.15, 0.2) is 53.8 Å². The van der Waals surface area contributed by atoms with E-state index in [9.17, 15) is 0 Å². The highest BCUT2D eigenvalue weighted by Gasteiger charge is 2.00. The fraction of sp³-hybridized carbons (Fsp3) is 0.0769. The van der Waals surface area contributed by atoms with Gasteiger partial charge in [-0.05, 0) is 27.9 Å². The summed E-state index contributed by atoms with van der Waals surface area (Å²) in [4.78, 5) is 8.49. The molecule has 0 saturated carbocycles. The first-order valence-electron chi connectivity index (χ1n) is 4.97. The topological polar surface area (TPSA) is 25.8 Å². The van der Waals surface area contributed by atoms with Gasteiger partial charge in [-0.15, -0.1) is 6.58 Å². The van der Waals surface area contributed by atoms with Crippen LogP contribution in [0.3, 0.4) is 0 Å². The molecule has 0 aliphatic carbocycles. The Morgan fingerprint density at radius 1 is 1.12 bits per heavy atom. The zero-order valence-electron chi connectivity index (χ0n) is 8.73. The van der Waals surface area contributed by atoms with Crippen LogP contribution in [0.1, 0.15) is 5.56 Å². The molecule has 0 aliphatic rings. The van der Waals surface area contributed by atoms with Gasteiger partial charge in [0, 0.05) is 18.0 Å². The maximum absolute atomic E-state index is 4.25. The van der Waals surface area contributed by atoms with E-state index in [0.717, 1.165) is 22.3 Å². The second kappa shape index (κ2) is 5.03. The molecule has 0 aliphatic heterocycles. The summed E-state index contributed by atoms with van der Waals surface area (Å²) in [5.74, 6) is 0.744. The summed E-state index contributed by atoms with van der Waals surface area (Å²) in [7, 11) is 0. The van der Waals surface area contributed by atoms with Crippen molar-refractivity contribution in [3.63, 3.8) is 0 Å². The van der Waals surface area contributed by atoms with E-state index in [0.29, 0.717) is 0 Å². The molecule has 0 radical (unpaired) electrons. The van der Waals surface area contributed by atoms with Gasteiger partial charge in [0.2, 0.25) is 0 Å². The number of aromatic nitrogens is 2. The number of rotatable bonds is 3. The van der Waals surface area contributed by atoms with E-state index in [4.69, 9.17) is 0 Å². The summed E-state index contributed by atoms with van der Waals surface area (Å²) >= 11 is 3.31. The van der Waals surface area contributed by atoms with Crippen LogP contribution in [0.5, 0.6) is 0 Å². The second-order valence-corrected chi connectivity index (χ2v) is 4.33. The average molecular weight is 275 g/mol. The van der Waals surface area contributed by atoms with Gasteiger partial charge in [-0.25, -0.2) is 9.97 Å². The Morgan fingerprint density at radius 2 is 1.75 bits per heavy atom. The van der Waals surface area contributed by atoms with Crippen LogP contribution in [0.2, 0.25) is 0 Å². The van der Waals surface area contributed by atoms with E-state index < -0.39 is 0 Å². The zero-order chi connectivity index (χ0) is 11.4. The van der Waals surface area contributed by atoms with E-state index in [2.05, 4.69) is 44.6 Å². The largest absolute Gasteiger partial charge is 0.235 e. The maximum atomic E-state index is 4.25. The van der Waals surface area contributed by atoms with Crippen LogP contribution in [0.25, 0.3) is 11.4 Å². The number of hydrogen-bond donors (Lipinski definition) is 0. The maximum Gasteiger partial charge on any atom is 0.159 e. The summed E-state index contributed by atoms with van der Waals surface area (Å²) in [5.41, 5.74) is 2.27. The summed E-state index contributed by atoms with van der Waals surface area (Å²) in [6.45, 7) is 3.72. The van der Waals surface area contributed by atoms with Crippen LogP contribution in [-0.2, 0) is 6.42 Å². The third kappa shape index (κ3) is 2.55. The molecule has 2 rings (SSSR count). The summed E-state index contributed by atoms with van der Waals surface area (Å²) < 4.78 is 0.888.